The maximum Gasteiger partial charge on any atom is 0.273 e. The van der Waals surface area contributed by atoms with Crippen molar-refractivity contribution in [3.05, 3.63) is 69.3 Å². The number of carbonyl (C=O) groups excluding carboxylic acids is 1. The molecule has 1 fully saturated rings. The molecule has 0 atom stereocenters. The monoisotopic (exact) mass is 419 g/mol. The molecule has 1 heterocycles. The molecule has 1 N–H and O–H groups in total. The van der Waals surface area contributed by atoms with Crippen molar-refractivity contribution in [1.29, 1.82) is 0 Å². The predicted octanol–water partition coefficient (Wildman–Crippen LogP) is 1.85. The molecule has 1 aliphatic rings. The van der Waals surface area contributed by atoms with Gasteiger partial charge < -0.3 is 10.1 Å². The standard InChI is InChI=1S/C19H21N3O6S/c1-14-16(6-4-7-17(14)22(24)25)19(23)20-13-15-5-2-3-8-18(15)29(26,27)21-9-11-28-12-10-21/h2-8H,9-13H2,1H3,(H,20,23). The summed E-state index contributed by atoms with van der Waals surface area (Å²) in [5.74, 6) is -0.509. The number of rotatable bonds is 6. The maximum atomic E-state index is 13.0. The van der Waals surface area contributed by atoms with Crippen molar-refractivity contribution < 1.29 is 22.9 Å². The van der Waals surface area contributed by atoms with E-state index in [-0.39, 0.29) is 41.3 Å². The van der Waals surface area contributed by atoms with E-state index in [1.165, 1.54) is 35.5 Å². The van der Waals surface area contributed by atoms with Gasteiger partial charge in [-0.2, -0.15) is 4.31 Å². The highest BCUT2D eigenvalue weighted by atomic mass is 32.2. The molecule has 1 saturated heterocycles. The number of nitrogens with zero attached hydrogens (tertiary/aromatic N) is 2. The normalized spacial score (nSPS) is 15.1. The van der Waals surface area contributed by atoms with E-state index >= 15 is 0 Å². The predicted molar refractivity (Wildman–Crippen MR) is 105 cm³/mol. The van der Waals surface area contributed by atoms with E-state index in [9.17, 15) is 23.3 Å². The first kappa shape index (κ1) is 20.9. The first-order valence-electron chi connectivity index (χ1n) is 9.00. The van der Waals surface area contributed by atoms with E-state index in [2.05, 4.69) is 5.32 Å². The fraction of sp³-hybridized carbons (Fsp3) is 0.316. The minimum absolute atomic E-state index is 0.0271. The summed E-state index contributed by atoms with van der Waals surface area (Å²) in [7, 11) is -3.72. The third kappa shape index (κ3) is 4.44. The number of nitro groups is 1. The van der Waals surface area contributed by atoms with Crippen LogP contribution in [-0.4, -0.2) is 49.9 Å². The summed E-state index contributed by atoms with van der Waals surface area (Å²) in [6.45, 7) is 2.70. The van der Waals surface area contributed by atoms with Crippen molar-refractivity contribution in [1.82, 2.24) is 9.62 Å². The van der Waals surface area contributed by atoms with Crippen LogP contribution in [0.1, 0.15) is 21.5 Å². The zero-order valence-corrected chi connectivity index (χ0v) is 16.6. The highest BCUT2D eigenvalue weighted by Crippen LogP contribution is 2.23. The van der Waals surface area contributed by atoms with E-state index < -0.39 is 20.9 Å². The van der Waals surface area contributed by atoms with Gasteiger partial charge in [-0.15, -0.1) is 0 Å². The van der Waals surface area contributed by atoms with Gasteiger partial charge >= 0.3 is 0 Å². The van der Waals surface area contributed by atoms with Gasteiger partial charge in [-0.05, 0) is 24.6 Å². The SMILES string of the molecule is Cc1c(C(=O)NCc2ccccc2S(=O)(=O)N2CCOCC2)cccc1[N+](=O)[O-]. The Kier molecular flexibility index (Phi) is 6.26. The largest absolute Gasteiger partial charge is 0.379 e. The molecular weight excluding hydrogens is 398 g/mol. The summed E-state index contributed by atoms with van der Waals surface area (Å²) >= 11 is 0. The second-order valence-electron chi connectivity index (χ2n) is 6.51. The van der Waals surface area contributed by atoms with Gasteiger partial charge in [0, 0.05) is 36.8 Å². The van der Waals surface area contributed by atoms with Gasteiger partial charge in [-0.1, -0.05) is 24.3 Å². The molecule has 9 nitrogen and oxygen atoms in total. The lowest BCUT2D eigenvalue weighted by Crippen LogP contribution is -2.41. The van der Waals surface area contributed by atoms with Gasteiger partial charge in [0.1, 0.15) is 0 Å². The van der Waals surface area contributed by atoms with Crippen LogP contribution in [0.15, 0.2) is 47.4 Å². The number of benzene rings is 2. The molecule has 0 saturated carbocycles. The third-order valence-electron chi connectivity index (χ3n) is 4.75. The molecule has 0 aromatic heterocycles. The lowest BCUT2D eigenvalue weighted by atomic mass is 10.1. The third-order valence-corrected chi connectivity index (χ3v) is 6.75. The Balaban J connectivity index is 1.81. The average molecular weight is 419 g/mol. The van der Waals surface area contributed by atoms with Crippen molar-refractivity contribution in [2.24, 2.45) is 0 Å². The van der Waals surface area contributed by atoms with E-state index in [1.807, 2.05) is 0 Å². The molecule has 0 unspecified atom stereocenters. The molecule has 0 bridgehead atoms. The molecule has 29 heavy (non-hydrogen) atoms. The minimum atomic E-state index is -3.72. The zero-order chi connectivity index (χ0) is 21.0. The van der Waals surface area contributed by atoms with Crippen LogP contribution in [0.3, 0.4) is 0 Å². The topological polar surface area (TPSA) is 119 Å². The van der Waals surface area contributed by atoms with Crippen molar-refractivity contribution in [2.75, 3.05) is 26.3 Å². The number of hydrogen-bond acceptors (Lipinski definition) is 6. The van der Waals surface area contributed by atoms with E-state index in [0.29, 0.717) is 18.8 Å². The molecule has 0 radical (unpaired) electrons. The lowest BCUT2D eigenvalue weighted by molar-refractivity contribution is -0.385. The first-order valence-corrected chi connectivity index (χ1v) is 10.4. The maximum absolute atomic E-state index is 13.0. The van der Waals surface area contributed by atoms with E-state index in [1.54, 1.807) is 18.2 Å². The Hall–Kier alpha value is -2.82. The molecule has 3 rings (SSSR count). The van der Waals surface area contributed by atoms with Gasteiger partial charge in [0.2, 0.25) is 10.0 Å². The number of amides is 1. The van der Waals surface area contributed by atoms with Crippen LogP contribution < -0.4 is 5.32 Å². The zero-order valence-electron chi connectivity index (χ0n) is 15.8. The van der Waals surface area contributed by atoms with E-state index in [4.69, 9.17) is 4.74 Å². The Morgan fingerprint density at radius 1 is 1.17 bits per heavy atom. The number of hydrogen-bond donors (Lipinski definition) is 1. The van der Waals surface area contributed by atoms with Crippen molar-refractivity contribution >= 4 is 21.6 Å². The van der Waals surface area contributed by atoms with Gasteiger partial charge in [0.05, 0.1) is 23.0 Å². The summed E-state index contributed by atoms with van der Waals surface area (Å²) in [6, 6.07) is 10.7. The van der Waals surface area contributed by atoms with Gasteiger partial charge in [0.25, 0.3) is 11.6 Å². The highest BCUT2D eigenvalue weighted by Gasteiger charge is 2.28. The molecule has 2 aromatic carbocycles. The second kappa shape index (κ2) is 8.68. The number of carbonyl (C=O) groups is 1. The van der Waals surface area contributed by atoms with Crippen molar-refractivity contribution in [3.63, 3.8) is 0 Å². The minimum Gasteiger partial charge on any atom is -0.379 e. The Bertz CT molecular complexity index is 1030. The van der Waals surface area contributed by atoms with Crippen molar-refractivity contribution in [3.8, 4) is 0 Å². The van der Waals surface area contributed by atoms with Crippen LogP contribution in [0, 0.1) is 17.0 Å². The van der Waals surface area contributed by atoms with Crippen LogP contribution in [0.4, 0.5) is 5.69 Å². The quantitative estimate of drug-likeness (QED) is 0.564. The number of sulfonamides is 1. The van der Waals surface area contributed by atoms with Crippen LogP contribution in [0.5, 0.6) is 0 Å². The Morgan fingerprint density at radius 3 is 2.55 bits per heavy atom. The number of ether oxygens (including phenoxy) is 1. The summed E-state index contributed by atoms with van der Waals surface area (Å²) in [5.41, 5.74) is 0.723. The number of morpholine rings is 1. The molecule has 1 aliphatic heterocycles. The van der Waals surface area contributed by atoms with Crippen LogP contribution in [-0.2, 0) is 21.3 Å². The Morgan fingerprint density at radius 2 is 1.86 bits per heavy atom. The number of nitrogens with one attached hydrogen (secondary N) is 1. The van der Waals surface area contributed by atoms with Crippen LogP contribution in [0.25, 0.3) is 0 Å². The molecular formula is C19H21N3O6S. The summed E-state index contributed by atoms with van der Waals surface area (Å²) in [6.07, 6.45) is 0. The smallest absolute Gasteiger partial charge is 0.273 e. The molecule has 2 aromatic rings. The summed E-state index contributed by atoms with van der Waals surface area (Å²) < 4.78 is 32.5. The van der Waals surface area contributed by atoms with Crippen LogP contribution >= 0.6 is 0 Å². The summed E-state index contributed by atoms with van der Waals surface area (Å²) in [4.78, 5) is 23.2. The van der Waals surface area contributed by atoms with E-state index in [0.717, 1.165) is 0 Å². The fourth-order valence-corrected chi connectivity index (χ4v) is 4.80. The summed E-state index contributed by atoms with van der Waals surface area (Å²) in [5, 5.41) is 13.7. The van der Waals surface area contributed by atoms with Crippen molar-refractivity contribution in [2.45, 2.75) is 18.4 Å². The average Bonchev–Trinajstić information content (AvgIpc) is 2.72. The molecule has 154 valence electrons. The molecule has 0 aliphatic carbocycles. The lowest BCUT2D eigenvalue weighted by Gasteiger charge is -2.27. The van der Waals surface area contributed by atoms with Gasteiger partial charge in [-0.25, -0.2) is 8.42 Å². The molecule has 10 heteroatoms. The number of nitro benzene ring substituents is 1. The molecule has 0 spiro atoms. The Labute approximate surface area is 168 Å². The highest BCUT2D eigenvalue weighted by molar-refractivity contribution is 7.89. The van der Waals surface area contributed by atoms with Gasteiger partial charge in [-0.3, -0.25) is 14.9 Å². The first-order chi connectivity index (χ1) is 13.8. The van der Waals surface area contributed by atoms with Gasteiger partial charge in [0.15, 0.2) is 0 Å². The fourth-order valence-electron chi connectivity index (χ4n) is 3.17. The molecule has 1 amide bonds. The van der Waals surface area contributed by atoms with Crippen LogP contribution in [0.2, 0.25) is 0 Å². The second-order valence-corrected chi connectivity index (χ2v) is 8.42.